The third-order valence-electron chi connectivity index (χ3n) is 3.65. The van der Waals surface area contributed by atoms with Crippen molar-refractivity contribution in [2.75, 3.05) is 6.61 Å². The average Bonchev–Trinajstić information content (AvgIpc) is 2.55. The van der Waals surface area contributed by atoms with E-state index in [1.807, 2.05) is 0 Å². The second-order valence-corrected chi connectivity index (χ2v) is 7.85. The van der Waals surface area contributed by atoms with Crippen molar-refractivity contribution >= 4 is 20.7 Å². The van der Waals surface area contributed by atoms with Gasteiger partial charge in [0.2, 0.25) is 0 Å². The third-order valence-corrected chi connectivity index (χ3v) is 4.68. The molecule has 0 unspecified atom stereocenters. The topological polar surface area (TPSA) is 189 Å². The SMILES string of the molecule is O=S(=O)(O)N[C@@H]1[C@@H](OS(=O)(=O)O)[C@H](OCc2ccccc2)[C@@H](CO)O[C@@H]1O. The summed E-state index contributed by atoms with van der Waals surface area (Å²) < 4.78 is 79.1. The lowest BCUT2D eigenvalue weighted by Crippen LogP contribution is -2.65. The van der Waals surface area contributed by atoms with Crippen LogP contribution in [0.25, 0.3) is 0 Å². The van der Waals surface area contributed by atoms with Crippen LogP contribution >= 0.6 is 0 Å². The molecule has 1 aromatic carbocycles. The van der Waals surface area contributed by atoms with Crippen molar-refractivity contribution in [2.24, 2.45) is 0 Å². The zero-order valence-corrected chi connectivity index (χ0v) is 15.3. The second kappa shape index (κ2) is 8.87. The van der Waals surface area contributed by atoms with Crippen LogP contribution < -0.4 is 4.72 Å². The maximum absolute atomic E-state index is 11.2. The Labute approximate surface area is 155 Å². The van der Waals surface area contributed by atoms with Crippen LogP contribution in [0.3, 0.4) is 0 Å². The first kappa shape index (κ1) is 22.1. The fraction of sp³-hybridized carbons (Fsp3) is 0.538. The molecular weight excluding hydrogens is 410 g/mol. The maximum Gasteiger partial charge on any atom is 0.397 e. The van der Waals surface area contributed by atoms with Crippen LogP contribution in [-0.4, -0.2) is 73.4 Å². The van der Waals surface area contributed by atoms with Gasteiger partial charge in [0.25, 0.3) is 0 Å². The summed E-state index contributed by atoms with van der Waals surface area (Å²) in [6.45, 7) is -0.869. The van der Waals surface area contributed by atoms with Crippen LogP contribution in [0.2, 0.25) is 0 Å². The minimum atomic E-state index is -5.13. The van der Waals surface area contributed by atoms with Crippen LogP contribution in [0, 0.1) is 0 Å². The van der Waals surface area contributed by atoms with Gasteiger partial charge in [-0.1, -0.05) is 30.3 Å². The highest BCUT2D eigenvalue weighted by Gasteiger charge is 2.50. The lowest BCUT2D eigenvalue weighted by Gasteiger charge is -2.43. The molecule has 0 saturated carbocycles. The lowest BCUT2D eigenvalue weighted by molar-refractivity contribution is -0.259. The van der Waals surface area contributed by atoms with E-state index in [1.54, 1.807) is 35.1 Å². The number of hydrogen-bond acceptors (Lipinski definition) is 9. The Hall–Kier alpha value is -1.20. The number of aliphatic hydroxyl groups is 2. The normalized spacial score (nSPS) is 29.6. The van der Waals surface area contributed by atoms with E-state index in [9.17, 15) is 27.0 Å². The summed E-state index contributed by atoms with van der Waals surface area (Å²) in [5.74, 6) is 0. The van der Waals surface area contributed by atoms with E-state index < -0.39 is 58.0 Å². The summed E-state index contributed by atoms with van der Waals surface area (Å²) in [5, 5.41) is 19.4. The summed E-state index contributed by atoms with van der Waals surface area (Å²) >= 11 is 0. The van der Waals surface area contributed by atoms with Gasteiger partial charge in [-0.2, -0.15) is 21.6 Å². The first-order valence-corrected chi connectivity index (χ1v) is 10.3. The molecule has 1 fully saturated rings. The highest BCUT2D eigenvalue weighted by molar-refractivity contribution is 7.83. The van der Waals surface area contributed by atoms with Gasteiger partial charge in [-0.3, -0.25) is 9.11 Å². The van der Waals surface area contributed by atoms with Gasteiger partial charge in [0.05, 0.1) is 13.2 Å². The van der Waals surface area contributed by atoms with Crippen LogP contribution in [-0.2, 0) is 41.0 Å². The number of aliphatic hydroxyl groups excluding tert-OH is 2. The molecule has 1 heterocycles. The first-order chi connectivity index (χ1) is 12.5. The number of rotatable bonds is 8. The summed E-state index contributed by atoms with van der Waals surface area (Å²) in [5.41, 5.74) is 0.644. The average molecular weight is 429 g/mol. The summed E-state index contributed by atoms with van der Waals surface area (Å²) in [6.07, 6.45) is -6.66. The Balaban J connectivity index is 2.32. The molecule has 1 aliphatic heterocycles. The van der Waals surface area contributed by atoms with Gasteiger partial charge in [-0.25, -0.2) is 4.18 Å². The predicted molar refractivity (Wildman–Crippen MR) is 87.9 cm³/mol. The molecule has 14 heteroatoms. The van der Waals surface area contributed by atoms with E-state index in [-0.39, 0.29) is 6.61 Å². The maximum atomic E-state index is 11.2. The Morgan fingerprint density at radius 1 is 1.07 bits per heavy atom. The van der Waals surface area contributed by atoms with Crippen molar-refractivity contribution in [3.63, 3.8) is 0 Å². The molecule has 1 saturated heterocycles. The molecule has 0 aliphatic carbocycles. The molecule has 0 amide bonds. The minimum absolute atomic E-state index is 0.120. The van der Waals surface area contributed by atoms with Gasteiger partial charge >= 0.3 is 20.7 Å². The fourth-order valence-electron chi connectivity index (χ4n) is 2.59. The van der Waals surface area contributed by atoms with Crippen molar-refractivity contribution in [3.8, 4) is 0 Å². The van der Waals surface area contributed by atoms with E-state index in [0.717, 1.165) is 0 Å². The molecule has 154 valence electrons. The van der Waals surface area contributed by atoms with E-state index in [4.69, 9.17) is 18.6 Å². The quantitative estimate of drug-likeness (QED) is 0.294. The Kier molecular flexibility index (Phi) is 7.26. The van der Waals surface area contributed by atoms with E-state index in [1.165, 1.54) is 0 Å². The largest absolute Gasteiger partial charge is 0.397 e. The first-order valence-electron chi connectivity index (χ1n) is 7.50. The van der Waals surface area contributed by atoms with Crippen molar-refractivity contribution in [1.82, 2.24) is 4.72 Å². The molecule has 0 bridgehead atoms. The Morgan fingerprint density at radius 2 is 1.70 bits per heavy atom. The van der Waals surface area contributed by atoms with E-state index in [2.05, 4.69) is 4.18 Å². The van der Waals surface area contributed by atoms with Crippen LogP contribution in [0.5, 0.6) is 0 Å². The fourth-order valence-corrected chi connectivity index (χ4v) is 3.69. The molecule has 1 aromatic rings. The number of hydrogen-bond donors (Lipinski definition) is 5. The molecule has 0 spiro atoms. The van der Waals surface area contributed by atoms with Crippen LogP contribution in [0.1, 0.15) is 5.56 Å². The van der Waals surface area contributed by atoms with Gasteiger partial charge in [0.15, 0.2) is 6.29 Å². The van der Waals surface area contributed by atoms with Crippen molar-refractivity contribution < 1.29 is 49.8 Å². The molecule has 5 N–H and O–H groups in total. The van der Waals surface area contributed by atoms with Gasteiger partial charge in [0.1, 0.15) is 24.4 Å². The second-order valence-electron chi connectivity index (χ2n) is 5.62. The summed E-state index contributed by atoms with van der Waals surface area (Å²) in [4.78, 5) is 0. The third kappa shape index (κ3) is 6.72. The smallest absolute Gasteiger partial charge is 0.394 e. The summed E-state index contributed by atoms with van der Waals surface area (Å²) in [7, 11) is -10.1. The molecule has 0 radical (unpaired) electrons. The van der Waals surface area contributed by atoms with Gasteiger partial charge in [-0.15, -0.1) is 0 Å². The van der Waals surface area contributed by atoms with Crippen molar-refractivity contribution in [3.05, 3.63) is 35.9 Å². The zero-order valence-electron chi connectivity index (χ0n) is 13.7. The van der Waals surface area contributed by atoms with Gasteiger partial charge < -0.3 is 19.7 Å². The zero-order chi connectivity index (χ0) is 20.2. The number of ether oxygens (including phenoxy) is 2. The molecule has 2 rings (SSSR count). The van der Waals surface area contributed by atoms with Gasteiger partial charge in [0, 0.05) is 0 Å². The molecule has 12 nitrogen and oxygen atoms in total. The molecule has 5 atom stereocenters. The molecular formula is C13H19NO11S2. The molecule has 0 aromatic heterocycles. The highest BCUT2D eigenvalue weighted by atomic mass is 32.3. The summed E-state index contributed by atoms with van der Waals surface area (Å²) in [6, 6.07) is 6.65. The van der Waals surface area contributed by atoms with Crippen molar-refractivity contribution in [1.29, 1.82) is 0 Å². The minimum Gasteiger partial charge on any atom is -0.394 e. The van der Waals surface area contributed by atoms with Crippen molar-refractivity contribution in [2.45, 2.75) is 37.3 Å². The lowest BCUT2D eigenvalue weighted by atomic mass is 9.97. The number of benzene rings is 1. The van der Waals surface area contributed by atoms with Crippen LogP contribution in [0.4, 0.5) is 0 Å². The highest BCUT2D eigenvalue weighted by Crippen LogP contribution is 2.27. The van der Waals surface area contributed by atoms with E-state index in [0.29, 0.717) is 5.56 Å². The van der Waals surface area contributed by atoms with Crippen LogP contribution in [0.15, 0.2) is 30.3 Å². The Morgan fingerprint density at radius 3 is 2.22 bits per heavy atom. The van der Waals surface area contributed by atoms with Gasteiger partial charge in [-0.05, 0) is 5.56 Å². The predicted octanol–water partition coefficient (Wildman–Crippen LogP) is -1.77. The van der Waals surface area contributed by atoms with E-state index >= 15 is 0 Å². The molecule has 1 aliphatic rings. The Bertz CT molecular complexity index is 814. The number of nitrogens with one attached hydrogen (secondary N) is 1. The molecule has 27 heavy (non-hydrogen) atoms. The standard InChI is InChI=1S/C13H19NO11S2/c15-6-9-11(23-7-8-4-2-1-3-5-8)12(25-27(20,21)22)10(13(16)24-9)14-26(17,18)19/h1-5,9-16H,6-7H2,(H,17,18,19)(H,20,21,22)/t9-,10-,11-,12-,13+/m1/s1. The monoisotopic (exact) mass is 429 g/mol.